The molecule has 626 valence electrons. The number of rotatable bonds is 49. The van der Waals surface area contributed by atoms with Crippen molar-refractivity contribution in [2.24, 2.45) is 11.8 Å². The van der Waals surface area contributed by atoms with E-state index in [1.165, 1.54) is 61.2 Å². The molecule has 4 N–H and O–H groups in total. The minimum absolute atomic E-state index is 0. The van der Waals surface area contributed by atoms with Gasteiger partial charge in [-0.25, -0.2) is 9.97 Å². The highest BCUT2D eigenvalue weighted by Crippen LogP contribution is 2.37. The SMILES string of the molecule is C.CCCCCCCOCCOCCOCCOCCOc1cc(-c2scnc2C)ccc1CNC(=O)[C@@H]1C[C@@H](O)CN1C(=O)[C@H](C(C)C)N1Cc2ccccc2C1=O.CCCCCCCOCCOCCOCCOc1cc(-c2scnc2C)ccc1CNC(=O)[C@@H]1C[C@@H](O)CN1C(=O)[C@H](C(C)C)N1Cc2ccccc2C1=O. The van der Waals surface area contributed by atoms with Gasteiger partial charge in [0.05, 0.1) is 124 Å². The fraction of sp³-hybridized carbons (Fsp3) is 0.586. The fourth-order valence-electron chi connectivity index (χ4n) is 14.6. The predicted molar refractivity (Wildman–Crippen MR) is 441 cm³/mol. The lowest BCUT2D eigenvalue weighted by Crippen LogP contribution is -2.55. The van der Waals surface area contributed by atoms with Crippen LogP contribution in [0.4, 0.5) is 0 Å². The Morgan fingerprint density at radius 1 is 0.474 bits per heavy atom. The van der Waals surface area contributed by atoms with Gasteiger partial charge >= 0.3 is 0 Å². The van der Waals surface area contributed by atoms with E-state index in [9.17, 15) is 39.0 Å². The number of unbranched alkanes of at least 4 members (excludes halogenated alkanes) is 8. The Morgan fingerprint density at radius 3 is 1.15 bits per heavy atom. The summed E-state index contributed by atoms with van der Waals surface area (Å²) in [5, 5.41) is 27.4. The molecule has 25 nitrogen and oxygen atoms in total. The van der Waals surface area contributed by atoms with Crippen LogP contribution in [0.15, 0.2) is 96.0 Å². The summed E-state index contributed by atoms with van der Waals surface area (Å²) in [6, 6.07) is 23.1. The van der Waals surface area contributed by atoms with Crippen LogP contribution in [0.1, 0.15) is 180 Å². The number of benzene rings is 4. The molecule has 10 rings (SSSR count). The van der Waals surface area contributed by atoms with Crippen molar-refractivity contribution < 1.29 is 81.6 Å². The number of likely N-dealkylation sites (tertiary alicyclic amines) is 2. The van der Waals surface area contributed by atoms with E-state index in [0.717, 1.165) is 80.6 Å². The Morgan fingerprint density at radius 2 is 0.816 bits per heavy atom. The van der Waals surface area contributed by atoms with E-state index in [2.05, 4.69) is 34.4 Å². The van der Waals surface area contributed by atoms with Gasteiger partial charge in [0.25, 0.3) is 11.8 Å². The van der Waals surface area contributed by atoms with E-state index in [4.69, 9.17) is 42.6 Å². The van der Waals surface area contributed by atoms with Crippen molar-refractivity contribution in [3.05, 3.63) is 141 Å². The highest BCUT2D eigenvalue weighted by Gasteiger charge is 2.48. The fourth-order valence-corrected chi connectivity index (χ4v) is 16.2. The third kappa shape index (κ3) is 26.9. The van der Waals surface area contributed by atoms with Gasteiger partial charge in [-0.3, -0.25) is 28.8 Å². The number of hydrogen-bond acceptors (Lipinski definition) is 21. The van der Waals surface area contributed by atoms with Crippen molar-refractivity contribution in [3.63, 3.8) is 0 Å². The summed E-state index contributed by atoms with van der Waals surface area (Å²) in [6.07, 6.45) is 10.7. The van der Waals surface area contributed by atoms with E-state index in [1.807, 2.05) is 114 Å². The summed E-state index contributed by atoms with van der Waals surface area (Å²) in [6.45, 7) is 24.7. The molecule has 27 heteroatoms. The number of amides is 6. The first kappa shape index (κ1) is 91.7. The van der Waals surface area contributed by atoms with Crippen LogP contribution in [0, 0.1) is 25.7 Å². The third-order valence-corrected chi connectivity index (χ3v) is 22.5. The highest BCUT2D eigenvalue weighted by molar-refractivity contribution is 7.13. The summed E-state index contributed by atoms with van der Waals surface area (Å²) in [7, 11) is 0. The van der Waals surface area contributed by atoms with Gasteiger partial charge in [0.2, 0.25) is 23.6 Å². The summed E-state index contributed by atoms with van der Waals surface area (Å²) < 4.78 is 52.0. The molecule has 2 fully saturated rings. The second-order valence-electron chi connectivity index (χ2n) is 29.8. The molecule has 4 aliphatic rings. The maximum atomic E-state index is 14.2. The van der Waals surface area contributed by atoms with Crippen LogP contribution in [-0.4, -0.2) is 230 Å². The van der Waals surface area contributed by atoms with E-state index in [1.54, 1.807) is 55.6 Å². The Labute approximate surface area is 682 Å². The number of carbonyl (C=O) groups excluding carboxylic acids is 6. The lowest BCUT2D eigenvalue weighted by Gasteiger charge is -2.35. The summed E-state index contributed by atoms with van der Waals surface area (Å²) in [5.74, 6) is -1.07. The standard InChI is InChI=1S/C44H62N4O9S.C42H58N4O8S.CH4/c1-5-6-7-8-11-16-53-17-18-54-19-20-55-21-22-56-23-24-57-39-25-33(41-32(4)46-30-58-41)14-15-34(39)27-45-42(50)38-26-36(49)29-47(38)44(52)40(31(2)3)48-28-35-12-9-10-13-37(35)43(48)51;1-5-6-7-8-11-16-51-17-18-52-19-20-53-21-22-54-37-23-31(39-30(4)44-28-55-39)14-15-32(37)25-43-40(48)36-24-34(47)27-45(36)42(50)38(29(2)3)46-26-33-12-9-10-13-35(33)41(46)49;/h9-10,12-15,25,30-31,36,38,40,49H,5-8,11,16-24,26-29H2,1-4H3,(H,45,50);9-10,12-15,23,28-29,34,36,38,47H,5-8,11,16-22,24-27H2,1-4H3,(H,43,48);1H4/t36-,38+,40+;34-,36+,38+;/m11./s1. The molecule has 6 atom stereocenters. The van der Waals surface area contributed by atoms with Crippen LogP contribution in [0.2, 0.25) is 0 Å². The van der Waals surface area contributed by atoms with Gasteiger partial charge in [-0.2, -0.15) is 0 Å². The molecule has 6 heterocycles. The summed E-state index contributed by atoms with van der Waals surface area (Å²) in [4.78, 5) is 99.5. The molecule has 6 aromatic rings. The first-order valence-electron chi connectivity index (χ1n) is 40.6. The highest BCUT2D eigenvalue weighted by atomic mass is 32.1. The Bertz CT molecular complexity index is 3950. The summed E-state index contributed by atoms with van der Waals surface area (Å²) in [5.41, 5.74) is 11.8. The minimum Gasteiger partial charge on any atom is -0.491 e. The molecule has 0 spiro atoms. The van der Waals surface area contributed by atoms with Gasteiger partial charge in [-0.15, -0.1) is 22.7 Å². The average Bonchev–Trinajstić information content (AvgIpc) is 1.61. The number of aryl methyl sites for hydroxylation is 2. The maximum absolute atomic E-state index is 14.2. The number of nitrogens with one attached hydrogen (secondary N) is 2. The molecular formula is C87H124N8O17S2. The lowest BCUT2D eigenvalue weighted by atomic mass is 10.0. The van der Waals surface area contributed by atoms with E-state index in [0.29, 0.717) is 122 Å². The molecule has 2 aromatic heterocycles. The molecule has 114 heavy (non-hydrogen) atoms. The molecular weight excluding hydrogens is 1490 g/mol. The number of nitrogens with zero attached hydrogens (tertiary/aromatic N) is 6. The van der Waals surface area contributed by atoms with E-state index >= 15 is 0 Å². The number of thiazole rings is 2. The van der Waals surface area contributed by atoms with Crippen LogP contribution in [0.5, 0.6) is 11.5 Å². The zero-order chi connectivity index (χ0) is 80.4. The van der Waals surface area contributed by atoms with Gasteiger partial charge in [-0.1, -0.05) is 161 Å². The van der Waals surface area contributed by atoms with Crippen molar-refractivity contribution in [1.82, 2.24) is 40.2 Å². The van der Waals surface area contributed by atoms with E-state index < -0.39 is 36.4 Å². The number of β-amino-alcohol motifs (C(OH)–C–C–N with tert-alkyl or cyclic N) is 2. The Hall–Kier alpha value is -7.80. The third-order valence-electron chi connectivity index (χ3n) is 20.5. The molecule has 0 bridgehead atoms. The molecule has 4 aliphatic heterocycles. The van der Waals surface area contributed by atoms with Gasteiger partial charge < -0.3 is 83.1 Å². The monoisotopic (exact) mass is 1620 g/mol. The predicted octanol–water partition coefficient (Wildman–Crippen LogP) is 12.2. The van der Waals surface area contributed by atoms with Gasteiger partial charge in [0, 0.05) is 87.6 Å². The Kier molecular flexibility index (Phi) is 39.2. The molecule has 0 radical (unpaired) electrons. The average molecular weight is 1620 g/mol. The molecule has 6 amide bonds. The lowest BCUT2D eigenvalue weighted by molar-refractivity contribution is -0.143. The second kappa shape index (κ2) is 48.7. The van der Waals surface area contributed by atoms with Crippen molar-refractivity contribution in [1.29, 1.82) is 0 Å². The quantitative estimate of drug-likeness (QED) is 0.0258. The van der Waals surface area contributed by atoms with Crippen molar-refractivity contribution in [3.8, 4) is 32.4 Å². The number of ether oxygens (including phenoxy) is 9. The largest absolute Gasteiger partial charge is 0.491 e. The van der Waals surface area contributed by atoms with Crippen molar-refractivity contribution in [2.45, 2.75) is 202 Å². The number of aromatic nitrogens is 2. The minimum atomic E-state index is -0.890. The maximum Gasteiger partial charge on any atom is 0.255 e. The van der Waals surface area contributed by atoms with Gasteiger partial charge in [-0.05, 0) is 85.0 Å². The zero-order valence-electron chi connectivity index (χ0n) is 67.4. The van der Waals surface area contributed by atoms with Crippen LogP contribution >= 0.6 is 22.7 Å². The first-order valence-corrected chi connectivity index (χ1v) is 42.3. The second-order valence-corrected chi connectivity index (χ2v) is 31.5. The number of aliphatic hydroxyl groups excluding tert-OH is 2. The van der Waals surface area contributed by atoms with E-state index in [-0.39, 0.29) is 100 Å². The Balaban J connectivity index is 0.000000283. The van der Waals surface area contributed by atoms with Crippen molar-refractivity contribution >= 4 is 58.1 Å². The number of carbonyl (C=O) groups is 6. The molecule has 0 unspecified atom stereocenters. The van der Waals surface area contributed by atoms with Crippen LogP contribution in [-0.2, 0) is 78.5 Å². The topological polar surface area (TPSA) is 289 Å². The van der Waals surface area contributed by atoms with Gasteiger partial charge in [0.15, 0.2) is 0 Å². The van der Waals surface area contributed by atoms with Crippen molar-refractivity contribution in [2.75, 3.05) is 119 Å². The molecule has 0 aliphatic carbocycles. The van der Waals surface area contributed by atoms with Crippen LogP contribution in [0.25, 0.3) is 20.9 Å². The smallest absolute Gasteiger partial charge is 0.255 e. The van der Waals surface area contributed by atoms with Crippen LogP contribution < -0.4 is 20.1 Å². The number of aliphatic hydroxyl groups is 2. The summed E-state index contributed by atoms with van der Waals surface area (Å²) >= 11 is 3.09. The van der Waals surface area contributed by atoms with Gasteiger partial charge in [0.1, 0.15) is 48.9 Å². The van der Waals surface area contributed by atoms with Crippen LogP contribution in [0.3, 0.4) is 0 Å². The zero-order valence-corrected chi connectivity index (χ0v) is 69.0. The first-order chi connectivity index (χ1) is 54.9. The molecule has 4 aromatic carbocycles. The molecule has 2 saturated heterocycles. The normalized spacial score (nSPS) is 16.9. The molecule has 0 saturated carbocycles. The number of hydrogen-bond donors (Lipinski definition) is 4. The number of fused-ring (bicyclic) bond motifs is 2.